The van der Waals surface area contributed by atoms with Crippen molar-refractivity contribution in [2.45, 2.75) is 58.1 Å². The fraction of sp³-hybridized carbons (Fsp3) is 0.769. The van der Waals surface area contributed by atoms with Gasteiger partial charge in [-0.2, -0.15) is 5.10 Å². The van der Waals surface area contributed by atoms with Gasteiger partial charge >= 0.3 is 0 Å². The van der Waals surface area contributed by atoms with Crippen molar-refractivity contribution in [2.75, 3.05) is 0 Å². The molecule has 1 saturated carbocycles. The minimum atomic E-state index is -0.586. The quantitative estimate of drug-likeness (QED) is 0.831. The molecule has 90 valence electrons. The molecule has 0 aliphatic heterocycles. The first-order valence-electron chi connectivity index (χ1n) is 6.23. The maximum absolute atomic E-state index is 10.3. The highest BCUT2D eigenvalue weighted by atomic mass is 16.3. The molecule has 1 unspecified atom stereocenters. The van der Waals surface area contributed by atoms with Gasteiger partial charge in [0, 0.05) is 18.7 Å². The Kier molecular flexibility index (Phi) is 3.06. The zero-order valence-electron chi connectivity index (χ0n) is 10.5. The molecule has 1 aliphatic rings. The van der Waals surface area contributed by atoms with Crippen molar-refractivity contribution in [3.8, 4) is 0 Å². The SMILES string of the molecule is CC(C)n1ccc(CC(C)(O)CC2CC2)n1. The van der Waals surface area contributed by atoms with Crippen LogP contribution in [-0.4, -0.2) is 20.5 Å². The van der Waals surface area contributed by atoms with E-state index >= 15 is 0 Å². The van der Waals surface area contributed by atoms with Crippen LogP contribution in [0.4, 0.5) is 0 Å². The fourth-order valence-electron chi connectivity index (χ4n) is 2.17. The highest BCUT2D eigenvalue weighted by Crippen LogP contribution is 2.37. The summed E-state index contributed by atoms with van der Waals surface area (Å²) in [5.74, 6) is 0.752. The topological polar surface area (TPSA) is 38.0 Å². The molecule has 0 aromatic carbocycles. The molecule has 1 fully saturated rings. The van der Waals surface area contributed by atoms with E-state index in [1.54, 1.807) is 0 Å². The average molecular weight is 222 g/mol. The average Bonchev–Trinajstić information content (AvgIpc) is 2.80. The number of hydrogen-bond acceptors (Lipinski definition) is 2. The fourth-order valence-corrected chi connectivity index (χ4v) is 2.17. The second-order valence-corrected chi connectivity index (χ2v) is 5.70. The van der Waals surface area contributed by atoms with Crippen molar-refractivity contribution in [1.29, 1.82) is 0 Å². The van der Waals surface area contributed by atoms with Crippen molar-refractivity contribution in [1.82, 2.24) is 9.78 Å². The van der Waals surface area contributed by atoms with Crippen molar-refractivity contribution >= 4 is 0 Å². The molecule has 1 N–H and O–H groups in total. The van der Waals surface area contributed by atoms with Crippen LogP contribution in [-0.2, 0) is 6.42 Å². The molecule has 1 aromatic heterocycles. The molecule has 2 rings (SSSR count). The lowest BCUT2D eigenvalue weighted by Crippen LogP contribution is -2.28. The Balaban J connectivity index is 1.95. The van der Waals surface area contributed by atoms with E-state index < -0.39 is 5.60 Å². The van der Waals surface area contributed by atoms with Crippen LogP contribution in [0.25, 0.3) is 0 Å². The molecule has 0 spiro atoms. The van der Waals surface area contributed by atoms with E-state index in [-0.39, 0.29) is 0 Å². The van der Waals surface area contributed by atoms with Gasteiger partial charge in [-0.25, -0.2) is 0 Å². The molecule has 0 saturated heterocycles. The predicted molar refractivity (Wildman–Crippen MR) is 64.3 cm³/mol. The number of hydrogen-bond donors (Lipinski definition) is 1. The van der Waals surface area contributed by atoms with Gasteiger partial charge in [-0.05, 0) is 39.2 Å². The number of aromatic nitrogens is 2. The zero-order chi connectivity index (χ0) is 11.8. The summed E-state index contributed by atoms with van der Waals surface area (Å²) >= 11 is 0. The third-order valence-corrected chi connectivity index (χ3v) is 3.18. The zero-order valence-corrected chi connectivity index (χ0v) is 10.5. The molecule has 1 heterocycles. The predicted octanol–water partition coefficient (Wildman–Crippen LogP) is 2.56. The van der Waals surface area contributed by atoms with E-state index in [0.717, 1.165) is 18.0 Å². The monoisotopic (exact) mass is 222 g/mol. The number of nitrogens with zero attached hydrogens (tertiary/aromatic N) is 2. The van der Waals surface area contributed by atoms with Gasteiger partial charge in [0.1, 0.15) is 0 Å². The third-order valence-electron chi connectivity index (χ3n) is 3.18. The first kappa shape index (κ1) is 11.6. The van der Waals surface area contributed by atoms with E-state index in [0.29, 0.717) is 12.5 Å². The molecular formula is C13H22N2O. The van der Waals surface area contributed by atoms with Crippen molar-refractivity contribution < 1.29 is 5.11 Å². The minimum Gasteiger partial charge on any atom is -0.390 e. The van der Waals surface area contributed by atoms with Crippen LogP contribution in [0.15, 0.2) is 12.3 Å². The Morgan fingerprint density at radius 3 is 2.75 bits per heavy atom. The Bertz CT molecular complexity index is 351. The molecule has 0 bridgehead atoms. The van der Waals surface area contributed by atoms with Crippen LogP contribution >= 0.6 is 0 Å². The standard InChI is InChI=1S/C13H22N2O/c1-10(2)15-7-6-12(14-15)9-13(3,16)8-11-4-5-11/h6-7,10-11,16H,4-5,8-9H2,1-3H3. The lowest BCUT2D eigenvalue weighted by molar-refractivity contribution is 0.0444. The molecule has 1 atom stereocenters. The van der Waals surface area contributed by atoms with Crippen LogP contribution in [0.3, 0.4) is 0 Å². The summed E-state index contributed by atoms with van der Waals surface area (Å²) < 4.78 is 1.95. The van der Waals surface area contributed by atoms with Crippen LogP contribution in [0.1, 0.15) is 51.8 Å². The normalized spacial score (nSPS) is 20.1. The van der Waals surface area contributed by atoms with Crippen LogP contribution < -0.4 is 0 Å². The summed E-state index contributed by atoms with van der Waals surface area (Å²) in [5, 5.41) is 14.8. The van der Waals surface area contributed by atoms with Gasteiger partial charge in [0.05, 0.1) is 11.3 Å². The lowest BCUT2D eigenvalue weighted by atomic mass is 9.94. The third kappa shape index (κ3) is 3.08. The summed E-state index contributed by atoms with van der Waals surface area (Å²) in [6, 6.07) is 2.41. The minimum absolute atomic E-state index is 0.391. The van der Waals surface area contributed by atoms with E-state index in [4.69, 9.17) is 0 Å². The maximum atomic E-state index is 10.3. The van der Waals surface area contributed by atoms with E-state index in [9.17, 15) is 5.11 Å². The largest absolute Gasteiger partial charge is 0.390 e. The van der Waals surface area contributed by atoms with Gasteiger partial charge in [0.15, 0.2) is 0 Å². The second-order valence-electron chi connectivity index (χ2n) is 5.70. The van der Waals surface area contributed by atoms with Crippen LogP contribution in [0.5, 0.6) is 0 Å². The summed E-state index contributed by atoms with van der Waals surface area (Å²) in [6.45, 7) is 6.15. The van der Waals surface area contributed by atoms with Crippen molar-refractivity contribution in [3.05, 3.63) is 18.0 Å². The van der Waals surface area contributed by atoms with Gasteiger partial charge in [-0.1, -0.05) is 12.8 Å². The van der Waals surface area contributed by atoms with Crippen LogP contribution in [0, 0.1) is 5.92 Å². The summed E-state index contributed by atoms with van der Waals surface area (Å²) in [6.07, 6.45) is 6.16. The molecule has 3 heteroatoms. The Morgan fingerprint density at radius 1 is 1.56 bits per heavy atom. The summed E-state index contributed by atoms with van der Waals surface area (Å²) in [4.78, 5) is 0. The van der Waals surface area contributed by atoms with Crippen molar-refractivity contribution in [2.24, 2.45) is 5.92 Å². The first-order valence-corrected chi connectivity index (χ1v) is 6.23. The Morgan fingerprint density at radius 2 is 2.25 bits per heavy atom. The van der Waals surface area contributed by atoms with Gasteiger partial charge < -0.3 is 5.11 Å². The van der Waals surface area contributed by atoms with Gasteiger partial charge in [0.2, 0.25) is 0 Å². The maximum Gasteiger partial charge on any atom is 0.0678 e. The summed E-state index contributed by atoms with van der Waals surface area (Å²) in [7, 11) is 0. The lowest BCUT2D eigenvalue weighted by Gasteiger charge is -2.21. The highest BCUT2D eigenvalue weighted by Gasteiger charge is 2.32. The van der Waals surface area contributed by atoms with Crippen molar-refractivity contribution in [3.63, 3.8) is 0 Å². The molecule has 16 heavy (non-hydrogen) atoms. The number of rotatable bonds is 5. The summed E-state index contributed by atoms with van der Waals surface area (Å²) in [5.41, 5.74) is 0.413. The van der Waals surface area contributed by atoms with E-state index in [1.165, 1.54) is 12.8 Å². The Labute approximate surface area is 97.5 Å². The van der Waals surface area contributed by atoms with Gasteiger partial charge in [0.25, 0.3) is 0 Å². The first-order chi connectivity index (χ1) is 7.46. The molecular weight excluding hydrogens is 200 g/mol. The molecule has 1 aliphatic carbocycles. The van der Waals surface area contributed by atoms with Gasteiger partial charge in [-0.15, -0.1) is 0 Å². The van der Waals surface area contributed by atoms with Gasteiger partial charge in [-0.3, -0.25) is 4.68 Å². The Hall–Kier alpha value is -0.830. The van der Waals surface area contributed by atoms with Crippen LogP contribution in [0.2, 0.25) is 0 Å². The molecule has 0 amide bonds. The van der Waals surface area contributed by atoms with E-state index in [1.807, 2.05) is 23.9 Å². The smallest absolute Gasteiger partial charge is 0.0678 e. The number of aliphatic hydroxyl groups is 1. The molecule has 1 aromatic rings. The molecule has 3 nitrogen and oxygen atoms in total. The second kappa shape index (κ2) is 4.21. The molecule has 0 radical (unpaired) electrons. The van der Waals surface area contributed by atoms with E-state index in [2.05, 4.69) is 18.9 Å². The highest BCUT2D eigenvalue weighted by molar-refractivity contribution is 5.04.